The lowest BCUT2D eigenvalue weighted by molar-refractivity contribution is -0.121. The van der Waals surface area contributed by atoms with Gasteiger partial charge in [-0.1, -0.05) is 23.7 Å². The number of hydrogen-bond donors (Lipinski definition) is 2. The molecule has 37 heavy (non-hydrogen) atoms. The first-order chi connectivity index (χ1) is 18.0. The fraction of sp³-hybridized carbons (Fsp3) is 0.552. The number of carbonyl (C=O) groups is 2. The molecule has 1 saturated heterocycles. The third-order valence-corrected chi connectivity index (χ3v) is 8.38. The van der Waals surface area contributed by atoms with Gasteiger partial charge in [0, 0.05) is 49.0 Å². The van der Waals surface area contributed by atoms with Gasteiger partial charge in [-0.15, -0.1) is 0 Å². The SMILES string of the molecule is O=CN(CC[C@@H]1CCCN(c2ncc(-c3ccc(C(=O)NC4CC4)cc3)cc2Cl)C1)C1CCC(O)CC1. The zero-order chi connectivity index (χ0) is 25.8. The van der Waals surface area contributed by atoms with E-state index in [4.69, 9.17) is 16.6 Å². The number of benzene rings is 1. The summed E-state index contributed by atoms with van der Waals surface area (Å²) >= 11 is 6.73. The number of amides is 2. The Bertz CT molecular complexity index is 1080. The molecule has 5 rings (SSSR count). The number of nitrogens with one attached hydrogen (secondary N) is 1. The summed E-state index contributed by atoms with van der Waals surface area (Å²) in [5.74, 6) is 1.27. The molecule has 198 valence electrons. The molecular weight excluding hydrogens is 488 g/mol. The van der Waals surface area contributed by atoms with Crippen molar-refractivity contribution in [1.29, 1.82) is 0 Å². The summed E-state index contributed by atoms with van der Waals surface area (Å²) in [6.07, 6.45) is 11.3. The Kier molecular flexibility index (Phi) is 8.30. The molecule has 7 nitrogen and oxygen atoms in total. The van der Waals surface area contributed by atoms with Gasteiger partial charge in [0.15, 0.2) is 0 Å². The number of rotatable bonds is 9. The van der Waals surface area contributed by atoms with Crippen LogP contribution in [0.2, 0.25) is 5.02 Å². The van der Waals surface area contributed by atoms with Gasteiger partial charge >= 0.3 is 0 Å². The lowest BCUT2D eigenvalue weighted by Crippen LogP contribution is -2.41. The molecule has 3 fully saturated rings. The van der Waals surface area contributed by atoms with Crippen molar-refractivity contribution >= 4 is 29.7 Å². The van der Waals surface area contributed by atoms with Gasteiger partial charge in [0.25, 0.3) is 5.91 Å². The summed E-state index contributed by atoms with van der Waals surface area (Å²) in [6.45, 7) is 2.57. The summed E-state index contributed by atoms with van der Waals surface area (Å²) in [5, 5.41) is 13.4. The number of aliphatic hydroxyl groups is 1. The molecule has 3 aliphatic rings. The minimum absolute atomic E-state index is 0.0194. The highest BCUT2D eigenvalue weighted by Gasteiger charge is 2.27. The highest BCUT2D eigenvalue weighted by Crippen LogP contribution is 2.33. The second kappa shape index (κ2) is 11.8. The lowest BCUT2D eigenvalue weighted by atomic mass is 9.91. The van der Waals surface area contributed by atoms with Crippen LogP contribution in [-0.2, 0) is 4.79 Å². The van der Waals surface area contributed by atoms with E-state index in [0.29, 0.717) is 22.5 Å². The van der Waals surface area contributed by atoms with E-state index in [1.54, 1.807) is 0 Å². The Hall–Kier alpha value is -2.64. The lowest BCUT2D eigenvalue weighted by Gasteiger charge is -2.37. The second-order valence-corrected chi connectivity index (χ2v) is 11.3. The predicted molar refractivity (Wildman–Crippen MR) is 146 cm³/mol. The standard InChI is InChI=1S/C29H37ClN4O3/c30-27-16-23(21-3-5-22(6-4-21)29(37)32-24-7-8-24)17-31-28(27)33-14-1-2-20(18-33)13-15-34(19-35)25-9-11-26(36)12-10-25/h3-6,16-17,19-20,24-26,36H,1-2,7-15,18H2,(H,32,37)/t20-,25?,26?/m0/s1. The molecule has 1 atom stereocenters. The Morgan fingerprint density at radius 1 is 1.11 bits per heavy atom. The fourth-order valence-electron chi connectivity index (χ4n) is 5.67. The van der Waals surface area contributed by atoms with Crippen LogP contribution in [0, 0.1) is 5.92 Å². The van der Waals surface area contributed by atoms with Gasteiger partial charge in [0.2, 0.25) is 6.41 Å². The van der Waals surface area contributed by atoms with Crippen molar-refractivity contribution in [2.75, 3.05) is 24.5 Å². The third-order valence-electron chi connectivity index (χ3n) is 8.10. The molecule has 1 aromatic heterocycles. The average molecular weight is 525 g/mol. The summed E-state index contributed by atoms with van der Waals surface area (Å²) in [7, 11) is 0. The van der Waals surface area contributed by atoms with E-state index in [2.05, 4.69) is 10.2 Å². The summed E-state index contributed by atoms with van der Waals surface area (Å²) < 4.78 is 0. The molecular formula is C29H37ClN4O3. The minimum Gasteiger partial charge on any atom is -0.393 e. The number of hydrogen-bond acceptors (Lipinski definition) is 5. The van der Waals surface area contributed by atoms with E-state index in [-0.39, 0.29) is 18.1 Å². The van der Waals surface area contributed by atoms with Gasteiger partial charge in [-0.2, -0.15) is 0 Å². The Labute approximate surface area is 224 Å². The van der Waals surface area contributed by atoms with Gasteiger partial charge in [0.1, 0.15) is 5.82 Å². The fourth-order valence-corrected chi connectivity index (χ4v) is 5.95. The van der Waals surface area contributed by atoms with Crippen LogP contribution >= 0.6 is 11.6 Å². The van der Waals surface area contributed by atoms with Gasteiger partial charge < -0.3 is 20.2 Å². The minimum atomic E-state index is -0.210. The van der Waals surface area contributed by atoms with Crippen LogP contribution in [-0.4, -0.2) is 65.1 Å². The van der Waals surface area contributed by atoms with E-state index in [1.807, 2.05) is 41.4 Å². The van der Waals surface area contributed by atoms with Gasteiger partial charge in [-0.25, -0.2) is 4.98 Å². The quantitative estimate of drug-likeness (QED) is 0.466. The number of halogens is 1. The molecule has 2 aromatic rings. The molecule has 2 saturated carbocycles. The molecule has 1 aromatic carbocycles. The van der Waals surface area contributed by atoms with Crippen molar-refractivity contribution in [3.8, 4) is 11.1 Å². The summed E-state index contributed by atoms with van der Waals surface area (Å²) in [4.78, 5) is 33.0. The first-order valence-corrected chi connectivity index (χ1v) is 14.1. The van der Waals surface area contributed by atoms with E-state index in [0.717, 1.165) is 101 Å². The normalized spacial score (nSPS) is 23.9. The number of aliphatic hydroxyl groups excluding tert-OH is 1. The number of pyridine rings is 1. The van der Waals surface area contributed by atoms with Crippen LogP contribution in [0.1, 0.15) is 68.1 Å². The number of nitrogens with zero attached hydrogens (tertiary/aromatic N) is 3. The molecule has 0 unspecified atom stereocenters. The maximum absolute atomic E-state index is 12.3. The van der Waals surface area contributed by atoms with Crippen molar-refractivity contribution in [3.05, 3.63) is 47.1 Å². The van der Waals surface area contributed by atoms with Crippen molar-refractivity contribution in [3.63, 3.8) is 0 Å². The molecule has 2 N–H and O–H groups in total. The first kappa shape index (κ1) is 26.0. The highest BCUT2D eigenvalue weighted by atomic mass is 35.5. The summed E-state index contributed by atoms with van der Waals surface area (Å²) in [5.41, 5.74) is 2.57. The molecule has 8 heteroatoms. The molecule has 2 amide bonds. The van der Waals surface area contributed by atoms with E-state index < -0.39 is 0 Å². The summed E-state index contributed by atoms with van der Waals surface area (Å²) in [6, 6.07) is 10.1. The molecule has 0 spiro atoms. The molecule has 0 bridgehead atoms. The van der Waals surface area contributed by atoms with Crippen LogP contribution in [0.25, 0.3) is 11.1 Å². The Morgan fingerprint density at radius 2 is 1.86 bits per heavy atom. The van der Waals surface area contributed by atoms with Gasteiger partial charge in [-0.3, -0.25) is 9.59 Å². The van der Waals surface area contributed by atoms with Crippen LogP contribution < -0.4 is 10.2 Å². The van der Waals surface area contributed by atoms with Crippen LogP contribution in [0.5, 0.6) is 0 Å². The Balaban J connectivity index is 1.18. The van der Waals surface area contributed by atoms with Crippen LogP contribution in [0.4, 0.5) is 5.82 Å². The third kappa shape index (κ3) is 6.63. The molecule has 1 aliphatic heterocycles. The molecule has 2 aliphatic carbocycles. The molecule has 2 heterocycles. The van der Waals surface area contributed by atoms with Crippen molar-refractivity contribution in [2.45, 2.75) is 76.0 Å². The first-order valence-electron chi connectivity index (χ1n) is 13.7. The number of aromatic nitrogens is 1. The maximum Gasteiger partial charge on any atom is 0.251 e. The van der Waals surface area contributed by atoms with Gasteiger partial charge in [-0.05, 0) is 87.5 Å². The van der Waals surface area contributed by atoms with E-state index in [1.165, 1.54) is 0 Å². The van der Waals surface area contributed by atoms with E-state index >= 15 is 0 Å². The average Bonchev–Trinajstić information content (AvgIpc) is 3.74. The smallest absolute Gasteiger partial charge is 0.251 e. The monoisotopic (exact) mass is 524 g/mol. The van der Waals surface area contributed by atoms with Crippen molar-refractivity contribution in [1.82, 2.24) is 15.2 Å². The van der Waals surface area contributed by atoms with Crippen LogP contribution in [0.3, 0.4) is 0 Å². The second-order valence-electron chi connectivity index (χ2n) is 10.9. The van der Waals surface area contributed by atoms with E-state index in [9.17, 15) is 14.7 Å². The Morgan fingerprint density at radius 3 is 2.54 bits per heavy atom. The van der Waals surface area contributed by atoms with Crippen LogP contribution in [0.15, 0.2) is 36.5 Å². The molecule has 0 radical (unpaired) electrons. The van der Waals surface area contributed by atoms with Gasteiger partial charge in [0.05, 0.1) is 11.1 Å². The number of carbonyl (C=O) groups excluding carboxylic acids is 2. The largest absolute Gasteiger partial charge is 0.393 e. The van der Waals surface area contributed by atoms with Crippen molar-refractivity contribution < 1.29 is 14.7 Å². The zero-order valence-corrected chi connectivity index (χ0v) is 22.1. The highest BCUT2D eigenvalue weighted by molar-refractivity contribution is 6.33. The zero-order valence-electron chi connectivity index (χ0n) is 21.3. The predicted octanol–water partition coefficient (Wildman–Crippen LogP) is 4.66. The number of anilines is 1. The topological polar surface area (TPSA) is 85.8 Å². The van der Waals surface area contributed by atoms with Crippen molar-refractivity contribution in [2.24, 2.45) is 5.92 Å². The number of piperidine rings is 1. The maximum atomic E-state index is 12.3.